The second-order valence-electron chi connectivity index (χ2n) is 9.16. The molecule has 9 nitrogen and oxygen atoms in total. The fourth-order valence-electron chi connectivity index (χ4n) is 4.39. The molecule has 0 radical (unpaired) electrons. The number of hydrogen-bond donors (Lipinski definition) is 1. The molecule has 1 N–H and O–H groups in total. The number of nitrogens with one attached hydrogen (secondary N) is 1. The lowest BCUT2D eigenvalue weighted by atomic mass is 10.1. The molecule has 0 atom stereocenters. The summed E-state index contributed by atoms with van der Waals surface area (Å²) in [5, 5.41) is 2.73. The summed E-state index contributed by atoms with van der Waals surface area (Å²) in [6, 6.07) is 10.1. The van der Waals surface area contributed by atoms with E-state index in [-0.39, 0.29) is 29.5 Å². The summed E-state index contributed by atoms with van der Waals surface area (Å²) in [5.41, 5.74) is 2.81. The molecule has 0 saturated carbocycles. The van der Waals surface area contributed by atoms with E-state index in [1.54, 1.807) is 18.2 Å². The van der Waals surface area contributed by atoms with Crippen molar-refractivity contribution in [2.24, 2.45) is 0 Å². The normalized spacial score (nSPS) is 14.9. The molecule has 0 spiro atoms. The molecule has 1 aliphatic rings. The van der Waals surface area contributed by atoms with Gasteiger partial charge in [-0.3, -0.25) is 9.10 Å². The number of anilines is 2. The number of carbonyl (C=O) groups is 1. The number of sulfonamides is 2. The lowest BCUT2D eigenvalue weighted by molar-refractivity contribution is -0.116. The van der Waals surface area contributed by atoms with Gasteiger partial charge in [-0.2, -0.15) is 4.31 Å². The molecule has 36 heavy (non-hydrogen) atoms. The largest absolute Gasteiger partial charge is 0.495 e. The molecule has 2 aromatic carbocycles. The first kappa shape index (κ1) is 27.9. The quantitative estimate of drug-likeness (QED) is 0.495. The van der Waals surface area contributed by atoms with Crippen molar-refractivity contribution >= 4 is 37.3 Å². The smallest absolute Gasteiger partial charge is 0.246 e. The Morgan fingerprint density at radius 3 is 2.22 bits per heavy atom. The molecule has 0 unspecified atom stereocenters. The average Bonchev–Trinajstić information content (AvgIpc) is 2.81. The number of aryl methyl sites for hydroxylation is 2. The molecule has 1 heterocycles. The highest BCUT2D eigenvalue weighted by atomic mass is 32.2. The van der Waals surface area contributed by atoms with E-state index < -0.39 is 20.0 Å². The van der Waals surface area contributed by atoms with Gasteiger partial charge < -0.3 is 10.1 Å². The summed E-state index contributed by atoms with van der Waals surface area (Å²) < 4.78 is 59.2. The first-order valence-electron chi connectivity index (χ1n) is 12.0. The SMILES string of the molecule is COc1ccc(NC(=O)CCCN(c2cc(C)cc(C)c2)S(C)(=O)=O)cc1S(=O)(=O)N1CCCCC1. The van der Waals surface area contributed by atoms with Crippen LogP contribution in [0.15, 0.2) is 41.3 Å². The van der Waals surface area contributed by atoms with E-state index in [2.05, 4.69) is 5.32 Å². The van der Waals surface area contributed by atoms with E-state index in [1.165, 1.54) is 27.9 Å². The summed E-state index contributed by atoms with van der Waals surface area (Å²) >= 11 is 0. The van der Waals surface area contributed by atoms with E-state index in [0.717, 1.165) is 36.6 Å². The van der Waals surface area contributed by atoms with Crippen LogP contribution in [0.5, 0.6) is 5.75 Å². The minimum Gasteiger partial charge on any atom is -0.495 e. The Bertz CT molecular complexity index is 1280. The van der Waals surface area contributed by atoms with Crippen LogP contribution < -0.4 is 14.4 Å². The monoisotopic (exact) mass is 537 g/mol. The van der Waals surface area contributed by atoms with Gasteiger partial charge in [0.05, 0.1) is 19.1 Å². The average molecular weight is 538 g/mol. The first-order chi connectivity index (χ1) is 16.9. The number of nitrogens with zero attached hydrogens (tertiary/aromatic N) is 2. The third-order valence-corrected chi connectivity index (χ3v) is 9.15. The van der Waals surface area contributed by atoms with Gasteiger partial charge in [-0.25, -0.2) is 16.8 Å². The van der Waals surface area contributed by atoms with Crippen LogP contribution in [-0.2, 0) is 24.8 Å². The second kappa shape index (κ2) is 11.6. The Balaban J connectivity index is 1.69. The maximum Gasteiger partial charge on any atom is 0.246 e. The molecule has 1 amide bonds. The molecule has 3 rings (SSSR count). The van der Waals surface area contributed by atoms with Gasteiger partial charge >= 0.3 is 0 Å². The maximum absolute atomic E-state index is 13.2. The minimum atomic E-state index is -3.76. The Hall–Kier alpha value is -2.63. The highest BCUT2D eigenvalue weighted by Crippen LogP contribution is 2.31. The Morgan fingerprint density at radius 2 is 1.64 bits per heavy atom. The third kappa shape index (κ3) is 6.98. The topological polar surface area (TPSA) is 113 Å². The van der Waals surface area contributed by atoms with E-state index in [9.17, 15) is 21.6 Å². The zero-order valence-electron chi connectivity index (χ0n) is 21.3. The van der Waals surface area contributed by atoms with Crippen molar-refractivity contribution < 1.29 is 26.4 Å². The number of piperidine rings is 1. The molecular formula is C25H35N3O6S2. The summed E-state index contributed by atoms with van der Waals surface area (Å²) in [7, 11) is -5.89. The number of carbonyl (C=O) groups excluding carboxylic acids is 1. The molecule has 198 valence electrons. The van der Waals surface area contributed by atoms with Gasteiger partial charge in [0.2, 0.25) is 26.0 Å². The number of rotatable bonds is 10. The summed E-state index contributed by atoms with van der Waals surface area (Å²) in [6.07, 6.45) is 4.12. The minimum absolute atomic E-state index is 0.0165. The van der Waals surface area contributed by atoms with E-state index in [4.69, 9.17) is 4.74 Å². The molecule has 1 fully saturated rings. The van der Waals surface area contributed by atoms with Crippen LogP contribution in [0, 0.1) is 13.8 Å². The van der Waals surface area contributed by atoms with Crippen molar-refractivity contribution in [1.82, 2.24) is 4.31 Å². The van der Waals surface area contributed by atoms with Crippen LogP contribution in [0.1, 0.15) is 43.2 Å². The zero-order valence-corrected chi connectivity index (χ0v) is 22.9. The highest BCUT2D eigenvalue weighted by Gasteiger charge is 2.29. The number of ether oxygens (including phenoxy) is 1. The lowest BCUT2D eigenvalue weighted by Gasteiger charge is -2.26. The van der Waals surface area contributed by atoms with Crippen molar-refractivity contribution in [3.8, 4) is 5.75 Å². The van der Waals surface area contributed by atoms with Crippen molar-refractivity contribution in [3.05, 3.63) is 47.5 Å². The predicted octanol–water partition coefficient (Wildman–Crippen LogP) is 3.67. The molecule has 1 aliphatic heterocycles. The Morgan fingerprint density at radius 1 is 1.00 bits per heavy atom. The van der Waals surface area contributed by atoms with Crippen LogP contribution in [0.25, 0.3) is 0 Å². The van der Waals surface area contributed by atoms with Crippen LogP contribution in [0.3, 0.4) is 0 Å². The maximum atomic E-state index is 13.2. The number of methoxy groups -OCH3 is 1. The fraction of sp³-hybridized carbons (Fsp3) is 0.480. The summed E-state index contributed by atoms with van der Waals surface area (Å²) in [4.78, 5) is 12.7. The van der Waals surface area contributed by atoms with Crippen molar-refractivity contribution in [2.75, 3.05) is 42.6 Å². The Labute approximate surface area is 214 Å². The summed E-state index contributed by atoms with van der Waals surface area (Å²) in [6.45, 7) is 4.86. The third-order valence-electron chi connectivity index (χ3n) is 6.04. The number of amides is 1. The van der Waals surface area contributed by atoms with Crippen LogP contribution in [-0.4, -0.2) is 60.0 Å². The molecule has 0 aromatic heterocycles. The molecule has 0 aliphatic carbocycles. The van der Waals surface area contributed by atoms with Gasteiger partial charge in [-0.15, -0.1) is 0 Å². The summed E-state index contributed by atoms with van der Waals surface area (Å²) in [5.74, 6) is -0.119. The molecule has 11 heteroatoms. The van der Waals surface area contributed by atoms with Gasteiger partial charge in [0.1, 0.15) is 10.6 Å². The van der Waals surface area contributed by atoms with E-state index >= 15 is 0 Å². The molecular weight excluding hydrogens is 502 g/mol. The van der Waals surface area contributed by atoms with Gasteiger partial charge in [0.25, 0.3) is 0 Å². The molecule has 2 aromatic rings. The molecule has 1 saturated heterocycles. The van der Waals surface area contributed by atoms with Crippen LogP contribution in [0.4, 0.5) is 11.4 Å². The fourth-order valence-corrected chi connectivity index (χ4v) is 7.04. The number of benzene rings is 2. The zero-order chi connectivity index (χ0) is 26.5. The first-order valence-corrected chi connectivity index (χ1v) is 15.2. The van der Waals surface area contributed by atoms with Crippen molar-refractivity contribution in [3.63, 3.8) is 0 Å². The second-order valence-corrected chi connectivity index (χ2v) is 13.0. The van der Waals surface area contributed by atoms with Crippen molar-refractivity contribution in [1.29, 1.82) is 0 Å². The van der Waals surface area contributed by atoms with Gasteiger partial charge in [0.15, 0.2) is 0 Å². The van der Waals surface area contributed by atoms with Gasteiger partial charge in [0, 0.05) is 31.7 Å². The van der Waals surface area contributed by atoms with Crippen LogP contribution >= 0.6 is 0 Å². The lowest BCUT2D eigenvalue weighted by Crippen LogP contribution is -2.35. The predicted molar refractivity (Wildman–Crippen MR) is 142 cm³/mol. The van der Waals surface area contributed by atoms with Crippen molar-refractivity contribution in [2.45, 2.75) is 50.8 Å². The van der Waals surface area contributed by atoms with E-state index in [1.807, 2.05) is 19.9 Å². The van der Waals surface area contributed by atoms with Crippen LogP contribution in [0.2, 0.25) is 0 Å². The van der Waals surface area contributed by atoms with Gasteiger partial charge in [-0.1, -0.05) is 12.5 Å². The van der Waals surface area contributed by atoms with Gasteiger partial charge in [-0.05, 0) is 74.6 Å². The standard InChI is InChI=1S/C25H35N3O6S2/c1-19-15-20(2)17-22(16-19)28(35(4,30)31)14-8-9-25(29)26-21-10-11-23(34-3)24(18-21)36(32,33)27-12-6-5-7-13-27/h10-11,15-18H,5-9,12-14H2,1-4H3,(H,26,29). The molecule has 0 bridgehead atoms. The Kier molecular flexibility index (Phi) is 9.02. The highest BCUT2D eigenvalue weighted by molar-refractivity contribution is 7.92. The van der Waals surface area contributed by atoms with E-state index in [0.29, 0.717) is 30.9 Å². The number of hydrogen-bond acceptors (Lipinski definition) is 6.